The van der Waals surface area contributed by atoms with E-state index in [1.54, 1.807) is 23.6 Å². The quantitative estimate of drug-likeness (QED) is 0.547. The van der Waals surface area contributed by atoms with Crippen LogP contribution in [0.15, 0.2) is 26.9 Å². The Balaban J connectivity index is 1.71. The van der Waals surface area contributed by atoms with Gasteiger partial charge in [0.1, 0.15) is 0 Å². The molecule has 1 aromatic carbocycles. The molecule has 3 rings (SSSR count). The van der Waals surface area contributed by atoms with Gasteiger partial charge in [-0.05, 0) is 42.9 Å². The molecule has 5 nitrogen and oxygen atoms in total. The Morgan fingerprint density at radius 3 is 2.80 bits per heavy atom. The first kappa shape index (κ1) is 18.4. The Labute approximate surface area is 159 Å². The number of nitrogens with zero attached hydrogens (tertiary/aromatic N) is 3. The second kappa shape index (κ2) is 7.88. The summed E-state index contributed by atoms with van der Waals surface area (Å²) in [7, 11) is 0. The van der Waals surface area contributed by atoms with Crippen LogP contribution in [0.2, 0.25) is 0 Å². The first-order chi connectivity index (χ1) is 12.0. The van der Waals surface area contributed by atoms with Gasteiger partial charge in [0.25, 0.3) is 0 Å². The van der Waals surface area contributed by atoms with Gasteiger partial charge >= 0.3 is 0 Å². The first-order valence-electron chi connectivity index (χ1n) is 8.07. The molecule has 0 spiro atoms. The van der Waals surface area contributed by atoms with Crippen LogP contribution in [-0.4, -0.2) is 39.4 Å². The second-order valence-corrected chi connectivity index (χ2v) is 9.73. The maximum absolute atomic E-state index is 12.7. The minimum atomic E-state index is -0.226. The van der Waals surface area contributed by atoms with Crippen LogP contribution in [0.25, 0.3) is 0 Å². The molecule has 1 atom stereocenters. The molecule has 0 N–H and O–H groups in total. The smallest absolute Gasteiger partial charge is 0.223 e. The lowest BCUT2D eigenvalue weighted by atomic mass is 10.0. The number of carbonyl (C=O) groups excluding carboxylic acids is 2. The zero-order chi connectivity index (χ0) is 18.0. The fourth-order valence-corrected chi connectivity index (χ4v) is 5.89. The van der Waals surface area contributed by atoms with E-state index in [9.17, 15) is 9.59 Å². The molecule has 2 heterocycles. The molecule has 132 valence electrons. The van der Waals surface area contributed by atoms with E-state index in [0.29, 0.717) is 12.1 Å². The van der Waals surface area contributed by atoms with Crippen molar-refractivity contribution in [2.24, 2.45) is 0 Å². The molecular formula is C17H19N3O2S3. The summed E-state index contributed by atoms with van der Waals surface area (Å²) >= 11 is 4.64. The number of carbonyl (C=O) groups is 2. The van der Waals surface area contributed by atoms with Gasteiger partial charge < -0.3 is 4.90 Å². The summed E-state index contributed by atoms with van der Waals surface area (Å²) in [4.78, 5) is 26.1. The molecule has 0 saturated heterocycles. The number of amides is 1. The van der Waals surface area contributed by atoms with Gasteiger partial charge in [-0.1, -0.05) is 41.8 Å². The summed E-state index contributed by atoms with van der Waals surface area (Å²) < 4.78 is 1.76. The zero-order valence-electron chi connectivity index (χ0n) is 14.3. The zero-order valence-corrected chi connectivity index (χ0v) is 16.8. The lowest BCUT2D eigenvalue weighted by molar-refractivity contribution is -0.116. The van der Waals surface area contributed by atoms with Gasteiger partial charge in [-0.2, -0.15) is 0 Å². The van der Waals surface area contributed by atoms with Crippen molar-refractivity contribution in [2.45, 2.75) is 41.1 Å². The highest BCUT2D eigenvalue weighted by Gasteiger charge is 2.25. The van der Waals surface area contributed by atoms with Crippen LogP contribution in [0.3, 0.4) is 0 Å². The van der Waals surface area contributed by atoms with E-state index < -0.39 is 0 Å². The minimum absolute atomic E-state index is 0.0405. The second-order valence-electron chi connectivity index (χ2n) is 5.66. The van der Waals surface area contributed by atoms with Crippen LogP contribution in [0, 0.1) is 0 Å². The Morgan fingerprint density at radius 2 is 2.08 bits per heavy atom. The molecule has 0 aliphatic carbocycles. The number of Topliss-reactive ketones (excluding diaryl/α,β-unsaturated/α-hetero) is 1. The van der Waals surface area contributed by atoms with E-state index in [1.807, 2.05) is 25.1 Å². The molecule has 0 bridgehead atoms. The predicted octanol–water partition coefficient (Wildman–Crippen LogP) is 3.92. The van der Waals surface area contributed by atoms with Crippen LogP contribution in [0.5, 0.6) is 0 Å². The van der Waals surface area contributed by atoms with Crippen molar-refractivity contribution < 1.29 is 9.59 Å². The first-order valence-corrected chi connectivity index (χ1v) is 10.8. The molecule has 1 unspecified atom stereocenters. The Bertz CT molecular complexity index is 806. The molecule has 8 heteroatoms. The number of hydrogen-bond acceptors (Lipinski definition) is 7. The number of fused-ring (bicyclic) bond motifs is 1. The largest absolute Gasteiger partial charge is 0.312 e. The fourth-order valence-electron chi connectivity index (χ4n) is 2.75. The number of hydrogen-bond donors (Lipinski definition) is 0. The standard InChI is InChI=1S/C17H19N3O2S3/c1-4-23-16-18-19-17(25-16)24-10(2)15(22)13-5-6-14-12(9-13)7-8-20(14)11(3)21/h5-6,9-10H,4,7-8H2,1-3H3. The van der Waals surface area contributed by atoms with Crippen LogP contribution >= 0.6 is 34.9 Å². The normalized spacial score (nSPS) is 14.4. The van der Waals surface area contributed by atoms with E-state index in [4.69, 9.17) is 0 Å². The third-order valence-electron chi connectivity index (χ3n) is 3.94. The van der Waals surface area contributed by atoms with E-state index in [0.717, 1.165) is 32.1 Å². The van der Waals surface area contributed by atoms with Crippen molar-refractivity contribution >= 4 is 52.2 Å². The van der Waals surface area contributed by atoms with Gasteiger partial charge in [0.15, 0.2) is 14.5 Å². The average Bonchev–Trinajstić information content (AvgIpc) is 3.20. The van der Waals surface area contributed by atoms with Crippen LogP contribution < -0.4 is 4.90 Å². The van der Waals surface area contributed by atoms with Crippen LogP contribution in [-0.2, 0) is 11.2 Å². The van der Waals surface area contributed by atoms with Gasteiger partial charge in [0.05, 0.1) is 5.25 Å². The highest BCUT2D eigenvalue weighted by Crippen LogP contribution is 2.33. The highest BCUT2D eigenvalue weighted by molar-refractivity contribution is 8.03. The predicted molar refractivity (Wildman–Crippen MR) is 104 cm³/mol. The molecule has 0 saturated carbocycles. The fraction of sp³-hybridized carbons (Fsp3) is 0.412. The number of thioether (sulfide) groups is 2. The Morgan fingerprint density at radius 1 is 1.32 bits per heavy atom. The summed E-state index contributed by atoms with van der Waals surface area (Å²) in [6.07, 6.45) is 0.797. The minimum Gasteiger partial charge on any atom is -0.312 e. The van der Waals surface area contributed by atoms with E-state index in [-0.39, 0.29) is 16.9 Å². The Hall–Kier alpha value is -1.38. The number of anilines is 1. The molecule has 2 aromatic rings. The summed E-state index contributed by atoms with van der Waals surface area (Å²) in [5, 5.41) is 8.05. The van der Waals surface area contributed by atoms with Gasteiger partial charge in [-0.3, -0.25) is 9.59 Å². The molecule has 1 aromatic heterocycles. The third kappa shape index (κ3) is 4.07. The molecule has 1 amide bonds. The Kier molecular flexibility index (Phi) is 5.81. The van der Waals surface area contributed by atoms with E-state index in [2.05, 4.69) is 17.1 Å². The number of aromatic nitrogens is 2. The van der Waals surface area contributed by atoms with Gasteiger partial charge in [0.2, 0.25) is 5.91 Å². The van der Waals surface area contributed by atoms with Gasteiger partial charge in [-0.15, -0.1) is 10.2 Å². The van der Waals surface area contributed by atoms with Crippen LogP contribution in [0.1, 0.15) is 36.7 Å². The lowest BCUT2D eigenvalue weighted by Crippen LogP contribution is -2.25. The molecule has 0 fully saturated rings. The average molecular weight is 394 g/mol. The third-order valence-corrected chi connectivity index (χ3v) is 7.07. The lowest BCUT2D eigenvalue weighted by Gasteiger charge is -2.15. The van der Waals surface area contributed by atoms with Crippen molar-refractivity contribution in [3.8, 4) is 0 Å². The summed E-state index contributed by atoms with van der Waals surface area (Å²) in [6.45, 7) is 6.23. The summed E-state index contributed by atoms with van der Waals surface area (Å²) in [5.41, 5.74) is 2.68. The maximum Gasteiger partial charge on any atom is 0.223 e. The number of ketones is 1. The van der Waals surface area contributed by atoms with Crippen LogP contribution in [0.4, 0.5) is 5.69 Å². The maximum atomic E-state index is 12.7. The molecule has 25 heavy (non-hydrogen) atoms. The molecule has 1 aliphatic heterocycles. The topological polar surface area (TPSA) is 63.2 Å². The highest BCUT2D eigenvalue weighted by atomic mass is 32.2. The SMILES string of the molecule is CCSc1nnc(SC(C)C(=O)c2ccc3c(c2)CCN3C(C)=O)s1. The molecule has 0 radical (unpaired) electrons. The van der Waals surface area contributed by atoms with Gasteiger partial charge in [0, 0.05) is 24.7 Å². The molecular weight excluding hydrogens is 374 g/mol. The summed E-state index contributed by atoms with van der Waals surface area (Å²) in [5.74, 6) is 1.08. The molecule has 1 aliphatic rings. The number of rotatable bonds is 6. The monoisotopic (exact) mass is 393 g/mol. The van der Waals surface area contributed by atoms with Crippen molar-refractivity contribution in [1.82, 2.24) is 10.2 Å². The van der Waals surface area contributed by atoms with E-state index >= 15 is 0 Å². The summed E-state index contributed by atoms with van der Waals surface area (Å²) in [6, 6.07) is 5.63. The van der Waals surface area contributed by atoms with Crippen molar-refractivity contribution in [1.29, 1.82) is 0 Å². The van der Waals surface area contributed by atoms with Crippen molar-refractivity contribution in [3.05, 3.63) is 29.3 Å². The number of benzene rings is 1. The van der Waals surface area contributed by atoms with Crippen molar-refractivity contribution in [3.63, 3.8) is 0 Å². The van der Waals surface area contributed by atoms with E-state index in [1.165, 1.54) is 23.1 Å². The van der Waals surface area contributed by atoms with Crippen molar-refractivity contribution in [2.75, 3.05) is 17.2 Å². The van der Waals surface area contributed by atoms with Gasteiger partial charge in [-0.25, -0.2) is 0 Å².